The minimum absolute atomic E-state index is 0. The van der Waals surface area contributed by atoms with Gasteiger partial charge in [0.2, 0.25) is 0 Å². The van der Waals surface area contributed by atoms with Crippen LogP contribution in [0.5, 0.6) is 0 Å². The summed E-state index contributed by atoms with van der Waals surface area (Å²) in [5, 5.41) is 2.89. The van der Waals surface area contributed by atoms with Gasteiger partial charge in [-0.1, -0.05) is 7.43 Å². The molecule has 0 aromatic carbocycles. The number of hydrogen-bond donors (Lipinski definition) is 2. The Morgan fingerprint density at radius 3 is 1.58 bits per heavy atom. The molecule has 24 heavy (non-hydrogen) atoms. The van der Waals surface area contributed by atoms with Crippen molar-refractivity contribution < 1.29 is 9.53 Å². The number of nitrogens with two attached hydrogens (primary N) is 1. The minimum atomic E-state index is -0.424. The fourth-order valence-electron chi connectivity index (χ4n) is 4.05. The van der Waals surface area contributed by atoms with Crippen LogP contribution in [0.1, 0.15) is 66.7 Å². The minimum Gasteiger partial charge on any atom is -0.444 e. The number of alkyl carbamates (subject to hydrolysis) is 1. The first-order valence-electron chi connectivity index (χ1n) is 7.52. The average molecular weight is 424 g/mol. The SMILES string of the molecule is C.CC(C)(C)OC(=O)NC12CC(Cl)(C1)C2.Cl.Cl.NC12CC(Cl)(C1)C2. The molecule has 0 atom stereocenters. The Balaban J connectivity index is 0.000000453. The maximum atomic E-state index is 11.4. The summed E-state index contributed by atoms with van der Waals surface area (Å²) < 4.78 is 5.17. The number of rotatable bonds is 1. The first kappa shape index (κ1) is 24.4. The van der Waals surface area contributed by atoms with E-state index < -0.39 is 5.60 Å². The molecule has 144 valence electrons. The van der Waals surface area contributed by atoms with Gasteiger partial charge in [-0.25, -0.2) is 4.79 Å². The average Bonchev–Trinajstić information content (AvgIpc) is 2.07. The molecule has 0 aromatic heterocycles. The van der Waals surface area contributed by atoms with E-state index in [-0.39, 0.29) is 59.2 Å². The molecule has 1 amide bonds. The third-order valence-electron chi connectivity index (χ3n) is 4.74. The van der Waals surface area contributed by atoms with Gasteiger partial charge in [-0.3, -0.25) is 0 Å². The summed E-state index contributed by atoms with van der Waals surface area (Å²) >= 11 is 12.0. The first-order valence-corrected chi connectivity index (χ1v) is 8.28. The summed E-state index contributed by atoms with van der Waals surface area (Å²) in [6.07, 6.45) is 5.52. The molecule has 8 heteroatoms. The van der Waals surface area contributed by atoms with E-state index in [1.165, 1.54) is 0 Å². The molecule has 0 saturated heterocycles. The topological polar surface area (TPSA) is 64.3 Å². The highest BCUT2D eigenvalue weighted by atomic mass is 35.5. The zero-order valence-corrected chi connectivity index (χ0v) is 16.9. The monoisotopic (exact) mass is 422 g/mol. The lowest BCUT2D eigenvalue weighted by molar-refractivity contribution is -0.0343. The Morgan fingerprint density at radius 2 is 1.38 bits per heavy atom. The van der Waals surface area contributed by atoms with Crippen molar-refractivity contribution in [2.45, 2.75) is 93.2 Å². The van der Waals surface area contributed by atoms with Gasteiger partial charge in [-0.2, -0.15) is 0 Å². The lowest BCUT2D eigenvalue weighted by atomic mass is 9.49. The van der Waals surface area contributed by atoms with Crippen molar-refractivity contribution in [2.75, 3.05) is 0 Å². The fourth-order valence-corrected chi connectivity index (χ4v) is 5.62. The molecule has 0 unspecified atom stereocenters. The summed E-state index contributed by atoms with van der Waals surface area (Å²) in [6.45, 7) is 5.58. The van der Waals surface area contributed by atoms with Crippen LogP contribution in [0, 0.1) is 0 Å². The van der Waals surface area contributed by atoms with Gasteiger partial charge < -0.3 is 15.8 Å². The van der Waals surface area contributed by atoms with E-state index in [9.17, 15) is 4.79 Å². The highest BCUT2D eigenvalue weighted by molar-refractivity contribution is 6.26. The van der Waals surface area contributed by atoms with Crippen LogP contribution in [0.25, 0.3) is 0 Å². The number of alkyl halides is 2. The Morgan fingerprint density at radius 1 is 1.00 bits per heavy atom. The van der Waals surface area contributed by atoms with Gasteiger partial charge in [-0.15, -0.1) is 48.0 Å². The summed E-state index contributed by atoms with van der Waals surface area (Å²) in [4.78, 5) is 11.6. The summed E-state index contributed by atoms with van der Waals surface area (Å²) in [7, 11) is 0. The van der Waals surface area contributed by atoms with Crippen molar-refractivity contribution in [1.29, 1.82) is 0 Å². The molecule has 0 spiro atoms. The molecule has 6 aliphatic carbocycles. The van der Waals surface area contributed by atoms with Gasteiger partial charge >= 0.3 is 6.09 Å². The molecule has 0 aliphatic heterocycles. The molecule has 6 rings (SSSR count). The molecule has 6 saturated carbocycles. The van der Waals surface area contributed by atoms with Crippen molar-refractivity contribution in [1.82, 2.24) is 5.32 Å². The molecule has 4 nitrogen and oxygen atoms in total. The van der Waals surface area contributed by atoms with Crippen LogP contribution in [0.3, 0.4) is 0 Å². The van der Waals surface area contributed by atoms with Crippen molar-refractivity contribution >= 4 is 54.1 Å². The maximum Gasteiger partial charge on any atom is 0.408 e. The number of carbonyl (C=O) groups excluding carboxylic acids is 1. The third kappa shape index (κ3) is 4.76. The van der Waals surface area contributed by atoms with Crippen LogP contribution in [-0.2, 0) is 4.74 Å². The second-order valence-electron chi connectivity index (χ2n) is 8.63. The lowest BCUT2D eigenvalue weighted by Gasteiger charge is -2.67. The van der Waals surface area contributed by atoms with E-state index in [0.29, 0.717) is 0 Å². The quantitative estimate of drug-likeness (QED) is 0.597. The van der Waals surface area contributed by atoms with E-state index in [1.54, 1.807) is 0 Å². The van der Waals surface area contributed by atoms with E-state index in [1.807, 2.05) is 20.8 Å². The molecule has 0 aromatic rings. The van der Waals surface area contributed by atoms with Crippen molar-refractivity contribution in [2.24, 2.45) is 5.73 Å². The Kier molecular flexibility index (Phi) is 6.96. The summed E-state index contributed by atoms with van der Waals surface area (Å²) in [6, 6.07) is 0. The highest BCUT2D eigenvalue weighted by Crippen LogP contribution is 2.64. The van der Waals surface area contributed by atoms with Crippen LogP contribution >= 0.6 is 48.0 Å². The lowest BCUT2D eigenvalue weighted by Crippen LogP contribution is -2.76. The van der Waals surface area contributed by atoms with Gasteiger partial charge in [0.25, 0.3) is 0 Å². The van der Waals surface area contributed by atoms with E-state index in [0.717, 1.165) is 38.5 Å². The van der Waals surface area contributed by atoms with Gasteiger partial charge in [0.15, 0.2) is 0 Å². The molecule has 4 bridgehead atoms. The molecule has 0 heterocycles. The summed E-state index contributed by atoms with van der Waals surface area (Å²) in [5.74, 6) is 0. The molecular formula is C16H30Cl4N2O2. The van der Waals surface area contributed by atoms with Crippen molar-refractivity contribution in [3.63, 3.8) is 0 Å². The number of nitrogens with one attached hydrogen (secondary N) is 1. The Labute approximate surface area is 167 Å². The van der Waals surface area contributed by atoms with Crippen LogP contribution in [0.2, 0.25) is 0 Å². The Hall–Kier alpha value is 0.390. The molecule has 0 radical (unpaired) electrons. The second-order valence-corrected chi connectivity index (χ2v) is 10.2. The smallest absolute Gasteiger partial charge is 0.408 e. The first-order chi connectivity index (χ1) is 9.34. The standard InChI is InChI=1S/C10H16ClNO2.C5H8ClN.CH4.2ClH/c1-8(2,3)14-7(13)12-10-4-9(11,5-10)6-10;6-4-1-5(7,2-4)3-4;;;/h4-6H2,1-3H3,(H,12,13);1-3,7H2;1H4;2*1H. The third-order valence-corrected chi connectivity index (χ3v) is 5.54. The largest absolute Gasteiger partial charge is 0.444 e. The highest BCUT2D eigenvalue weighted by Gasteiger charge is 2.68. The zero-order chi connectivity index (χ0) is 15.7. The van der Waals surface area contributed by atoms with E-state index >= 15 is 0 Å². The van der Waals surface area contributed by atoms with Crippen LogP contribution in [0.15, 0.2) is 0 Å². The maximum absolute atomic E-state index is 11.4. The Bertz CT molecular complexity index is 441. The number of ether oxygens (including phenoxy) is 1. The molecule has 6 aliphatic rings. The van der Waals surface area contributed by atoms with Crippen LogP contribution in [-0.4, -0.2) is 32.5 Å². The van der Waals surface area contributed by atoms with Crippen molar-refractivity contribution in [3.05, 3.63) is 0 Å². The van der Waals surface area contributed by atoms with Crippen molar-refractivity contribution in [3.8, 4) is 0 Å². The van der Waals surface area contributed by atoms with E-state index in [2.05, 4.69) is 5.32 Å². The predicted molar refractivity (Wildman–Crippen MR) is 105 cm³/mol. The van der Waals surface area contributed by atoms with Gasteiger partial charge in [0.05, 0.1) is 4.87 Å². The van der Waals surface area contributed by atoms with Gasteiger partial charge in [-0.05, 0) is 59.3 Å². The van der Waals surface area contributed by atoms with Crippen LogP contribution < -0.4 is 11.1 Å². The second kappa shape index (κ2) is 6.84. The fraction of sp³-hybridized carbons (Fsp3) is 0.938. The summed E-state index contributed by atoms with van der Waals surface area (Å²) in [5.41, 5.74) is 5.42. The number of hydrogen-bond acceptors (Lipinski definition) is 3. The number of halogens is 4. The van der Waals surface area contributed by atoms with Crippen LogP contribution in [0.4, 0.5) is 4.79 Å². The molecule has 3 N–H and O–H groups in total. The number of carbonyl (C=O) groups is 1. The number of amides is 1. The van der Waals surface area contributed by atoms with E-state index in [4.69, 9.17) is 33.7 Å². The van der Waals surface area contributed by atoms with Gasteiger partial charge in [0, 0.05) is 16.0 Å². The normalized spacial score (nSPS) is 42.2. The van der Waals surface area contributed by atoms with Gasteiger partial charge in [0.1, 0.15) is 5.60 Å². The predicted octanol–water partition coefficient (Wildman–Crippen LogP) is 4.76. The zero-order valence-electron chi connectivity index (χ0n) is 13.7. The molecular weight excluding hydrogens is 394 g/mol. The molecule has 6 fully saturated rings.